The Labute approximate surface area is 134 Å². The number of anilines is 1. The predicted octanol–water partition coefficient (Wildman–Crippen LogP) is 1.52. The fourth-order valence-electron chi connectivity index (χ4n) is 3.88. The van der Waals surface area contributed by atoms with Crippen LogP contribution in [-0.4, -0.2) is 53.7 Å². The van der Waals surface area contributed by atoms with Crippen molar-refractivity contribution in [2.75, 3.05) is 31.2 Å². The number of fused-ring (bicyclic) bond motifs is 1. The van der Waals surface area contributed by atoms with Crippen LogP contribution in [0.1, 0.15) is 11.1 Å². The first-order valence-corrected chi connectivity index (χ1v) is 7.37. The van der Waals surface area contributed by atoms with E-state index in [0.717, 1.165) is 11.0 Å². The molecule has 6 nitrogen and oxygen atoms in total. The maximum Gasteiger partial charge on any atom is 0.432 e. The van der Waals surface area contributed by atoms with Crippen molar-refractivity contribution in [3.05, 3.63) is 29.3 Å². The Morgan fingerprint density at radius 1 is 1.29 bits per heavy atom. The number of hydrogen-bond acceptors (Lipinski definition) is 4. The van der Waals surface area contributed by atoms with E-state index in [-0.39, 0.29) is 10.2 Å². The van der Waals surface area contributed by atoms with Gasteiger partial charge in [-0.3, -0.25) is 4.79 Å². The molecule has 0 N–H and O–H groups in total. The highest BCUT2D eigenvalue weighted by atomic mass is 19.4. The van der Waals surface area contributed by atoms with E-state index in [0.29, 0.717) is 32.4 Å². The highest BCUT2D eigenvalue weighted by molar-refractivity contribution is 6.18. The van der Waals surface area contributed by atoms with Gasteiger partial charge < -0.3 is 0 Å². The van der Waals surface area contributed by atoms with E-state index in [9.17, 15) is 22.8 Å². The molecule has 3 aliphatic rings. The Hall–Kier alpha value is -2.44. The van der Waals surface area contributed by atoms with Crippen molar-refractivity contribution in [3.8, 4) is 6.07 Å². The summed E-state index contributed by atoms with van der Waals surface area (Å²) in [6.45, 7) is 2.07. The lowest BCUT2D eigenvalue weighted by atomic mass is 10.1. The summed E-state index contributed by atoms with van der Waals surface area (Å²) >= 11 is 0. The summed E-state index contributed by atoms with van der Waals surface area (Å²) in [5.41, 5.74) is -1.81. The Morgan fingerprint density at radius 3 is 2.62 bits per heavy atom. The van der Waals surface area contributed by atoms with E-state index in [1.165, 1.54) is 12.1 Å². The first-order valence-electron chi connectivity index (χ1n) is 7.37. The van der Waals surface area contributed by atoms with Gasteiger partial charge in [0.05, 0.1) is 36.0 Å². The third-order valence-corrected chi connectivity index (χ3v) is 5.06. The minimum Gasteiger partial charge on any atom is -0.267 e. The molecule has 1 aromatic rings. The van der Waals surface area contributed by atoms with Gasteiger partial charge >= 0.3 is 12.2 Å². The van der Waals surface area contributed by atoms with E-state index in [4.69, 9.17) is 5.26 Å². The maximum absolute atomic E-state index is 13.1. The molecule has 3 heterocycles. The Kier molecular flexibility index (Phi) is 2.87. The molecule has 0 aromatic heterocycles. The van der Waals surface area contributed by atoms with Crippen molar-refractivity contribution >= 4 is 17.6 Å². The number of urea groups is 1. The lowest BCUT2D eigenvalue weighted by Crippen LogP contribution is -2.53. The van der Waals surface area contributed by atoms with E-state index < -0.39 is 35.3 Å². The lowest BCUT2D eigenvalue weighted by molar-refractivity contribution is -0.837. The van der Waals surface area contributed by atoms with Crippen molar-refractivity contribution in [3.63, 3.8) is 0 Å². The van der Waals surface area contributed by atoms with Gasteiger partial charge in [0.2, 0.25) is 0 Å². The van der Waals surface area contributed by atoms with E-state index in [1.807, 2.05) is 4.90 Å². The molecule has 1 spiro atoms. The Balaban J connectivity index is 1.79. The summed E-state index contributed by atoms with van der Waals surface area (Å²) in [6.07, 6.45) is -4.74. The Bertz CT molecular complexity index is 816. The van der Waals surface area contributed by atoms with Crippen LogP contribution in [0.5, 0.6) is 0 Å². The molecule has 0 saturated carbocycles. The van der Waals surface area contributed by atoms with Crippen LogP contribution in [0.2, 0.25) is 0 Å². The van der Waals surface area contributed by atoms with Gasteiger partial charge in [0.15, 0.2) is 6.04 Å². The van der Waals surface area contributed by atoms with Gasteiger partial charge in [-0.05, 0) is 18.2 Å². The molecule has 3 amide bonds. The van der Waals surface area contributed by atoms with Crippen LogP contribution >= 0.6 is 0 Å². The second kappa shape index (κ2) is 4.55. The van der Waals surface area contributed by atoms with Gasteiger partial charge in [-0.15, -0.1) is 0 Å². The monoisotopic (exact) mass is 337 g/mol. The number of alkyl halides is 3. The third kappa shape index (κ3) is 1.78. The number of amides is 3. The Morgan fingerprint density at radius 2 is 2.04 bits per heavy atom. The minimum absolute atomic E-state index is 0.0276. The summed E-state index contributed by atoms with van der Waals surface area (Å²) in [5, 5.41) is 8.85. The molecular weight excluding hydrogens is 325 g/mol. The van der Waals surface area contributed by atoms with E-state index >= 15 is 0 Å². The number of rotatable bonds is 1. The topological polar surface area (TPSA) is 64.4 Å². The molecule has 4 rings (SSSR count). The first kappa shape index (κ1) is 15.1. The molecule has 9 heteroatoms. The molecule has 3 fully saturated rings. The van der Waals surface area contributed by atoms with Crippen molar-refractivity contribution in [1.29, 1.82) is 5.26 Å². The second-order valence-electron chi connectivity index (χ2n) is 6.29. The van der Waals surface area contributed by atoms with Crippen LogP contribution in [0.15, 0.2) is 18.2 Å². The van der Waals surface area contributed by atoms with Gasteiger partial charge in [0.1, 0.15) is 13.2 Å². The van der Waals surface area contributed by atoms with Gasteiger partial charge in [0, 0.05) is 0 Å². The number of nitriles is 1. The average molecular weight is 337 g/mol. The molecule has 24 heavy (non-hydrogen) atoms. The van der Waals surface area contributed by atoms with Crippen LogP contribution in [0, 0.1) is 11.3 Å². The van der Waals surface area contributed by atoms with Crippen molar-refractivity contribution in [2.24, 2.45) is 0 Å². The summed E-state index contributed by atoms with van der Waals surface area (Å²) in [7, 11) is 0. The average Bonchev–Trinajstić information content (AvgIpc) is 3.18. The SMILES string of the molecule is N#Cc1ccc(N2C(=O)C3CN4CC[N+]3(C4)C2=O)cc1C(F)(F)F. The summed E-state index contributed by atoms with van der Waals surface area (Å²) in [4.78, 5) is 28.3. The molecule has 3 saturated heterocycles. The van der Waals surface area contributed by atoms with Crippen LogP contribution in [0.25, 0.3) is 0 Å². The molecule has 3 aliphatic heterocycles. The number of quaternary nitrogens is 1. The zero-order valence-corrected chi connectivity index (χ0v) is 12.4. The van der Waals surface area contributed by atoms with Gasteiger partial charge in [-0.1, -0.05) is 0 Å². The van der Waals surface area contributed by atoms with Gasteiger partial charge in [-0.2, -0.15) is 23.3 Å². The number of imide groups is 1. The van der Waals surface area contributed by atoms with Crippen LogP contribution in [-0.2, 0) is 11.0 Å². The fraction of sp³-hybridized carbons (Fsp3) is 0.400. The smallest absolute Gasteiger partial charge is 0.267 e. The maximum atomic E-state index is 13.1. The molecule has 2 bridgehead atoms. The quantitative estimate of drug-likeness (QED) is 0.576. The normalized spacial score (nSPS) is 31.5. The molecular formula is C15H12F3N4O2+. The molecule has 0 radical (unpaired) electrons. The number of carbonyl (C=O) groups is 2. The van der Waals surface area contributed by atoms with Crippen molar-refractivity contribution < 1.29 is 27.2 Å². The lowest BCUT2D eigenvalue weighted by Gasteiger charge is -2.25. The highest BCUT2D eigenvalue weighted by Crippen LogP contribution is 2.41. The molecule has 0 aliphatic carbocycles. The van der Waals surface area contributed by atoms with E-state index in [2.05, 4.69) is 0 Å². The third-order valence-electron chi connectivity index (χ3n) is 5.06. The minimum atomic E-state index is -4.74. The van der Waals surface area contributed by atoms with Crippen molar-refractivity contribution in [1.82, 2.24) is 4.90 Å². The zero-order valence-electron chi connectivity index (χ0n) is 12.4. The summed E-state index contributed by atoms with van der Waals surface area (Å²) in [6, 6.07) is 3.39. The summed E-state index contributed by atoms with van der Waals surface area (Å²) in [5.74, 6) is -0.472. The van der Waals surface area contributed by atoms with Gasteiger partial charge in [0.25, 0.3) is 5.91 Å². The fourth-order valence-corrected chi connectivity index (χ4v) is 3.88. The number of hydrogen-bond donors (Lipinski definition) is 0. The van der Waals surface area contributed by atoms with Crippen molar-refractivity contribution in [2.45, 2.75) is 12.2 Å². The number of nitrogens with zero attached hydrogens (tertiary/aromatic N) is 4. The summed E-state index contributed by atoms with van der Waals surface area (Å²) < 4.78 is 39.3. The van der Waals surface area contributed by atoms with Gasteiger partial charge in [-0.25, -0.2) is 14.2 Å². The molecule has 3 unspecified atom stereocenters. The molecule has 1 aromatic carbocycles. The van der Waals surface area contributed by atoms with Crippen LogP contribution in [0.3, 0.4) is 0 Å². The standard InChI is InChI=1S/C15H12F3N4O2/c16-15(17,18)11-5-10(2-1-9(11)6-19)21-13(23)12-7-20-3-4-22(12,8-20)14(21)24/h1-2,5,12H,3-4,7-8H2/q+1. The predicted molar refractivity (Wildman–Crippen MR) is 74.4 cm³/mol. The number of benzene rings is 1. The first-order chi connectivity index (χ1) is 11.3. The van der Waals surface area contributed by atoms with Crippen LogP contribution in [0.4, 0.5) is 23.7 Å². The van der Waals surface area contributed by atoms with Crippen LogP contribution < -0.4 is 4.90 Å². The number of halogens is 3. The number of carbonyl (C=O) groups excluding carboxylic acids is 2. The highest BCUT2D eigenvalue weighted by Gasteiger charge is 2.68. The number of piperazine rings is 1. The largest absolute Gasteiger partial charge is 0.432 e. The van der Waals surface area contributed by atoms with E-state index in [1.54, 1.807) is 0 Å². The second-order valence-corrected chi connectivity index (χ2v) is 6.29. The molecule has 3 atom stereocenters. The molecule has 124 valence electrons. The zero-order chi connectivity index (χ0) is 17.3.